The zero-order valence-corrected chi connectivity index (χ0v) is 38.8. The summed E-state index contributed by atoms with van der Waals surface area (Å²) < 4.78 is 47.7. The molecule has 62 heavy (non-hydrogen) atoms. The van der Waals surface area contributed by atoms with Crippen molar-refractivity contribution in [1.29, 1.82) is 0 Å². The summed E-state index contributed by atoms with van der Waals surface area (Å²) in [5, 5.41) is 19.8. The maximum absolute atomic E-state index is 12.7. The van der Waals surface area contributed by atoms with Crippen LogP contribution in [0.3, 0.4) is 0 Å². The molecule has 0 aliphatic carbocycles. The molecule has 5 N–H and O–H groups in total. The van der Waals surface area contributed by atoms with Gasteiger partial charge in [0.25, 0.3) is 0 Å². The van der Waals surface area contributed by atoms with Gasteiger partial charge >= 0.3 is 27.6 Å². The van der Waals surface area contributed by atoms with E-state index >= 15 is 0 Å². The second kappa shape index (κ2) is 40.8. The summed E-state index contributed by atoms with van der Waals surface area (Å²) in [7, 11) is -9.73. The Balaban J connectivity index is 4.73. The largest absolute Gasteiger partial charge is 0.472 e. The van der Waals surface area contributed by atoms with Crippen molar-refractivity contribution in [2.45, 2.75) is 154 Å². The average molecular weight is 915 g/mol. The van der Waals surface area contributed by atoms with Crippen molar-refractivity contribution in [1.82, 2.24) is 0 Å². The van der Waals surface area contributed by atoms with E-state index in [4.69, 9.17) is 23.8 Å². The molecule has 0 aliphatic rings. The molecule has 354 valence electrons. The van der Waals surface area contributed by atoms with Crippen LogP contribution in [0.5, 0.6) is 0 Å². The molecule has 0 amide bonds. The smallest absolute Gasteiger partial charge is 0.462 e. The number of allylic oxidation sites excluding steroid dienone is 14. The molecule has 0 aromatic heterocycles. The third-order valence-corrected chi connectivity index (χ3v) is 9.96. The third kappa shape index (κ3) is 43.6. The number of aliphatic hydroxyl groups is 2. The number of carbonyl (C=O) groups is 2. The van der Waals surface area contributed by atoms with Crippen LogP contribution < -0.4 is 0 Å². The number of hydrogen-bond acceptors (Lipinski definition) is 11. The van der Waals surface area contributed by atoms with Gasteiger partial charge < -0.3 is 34.4 Å². The van der Waals surface area contributed by atoms with Crippen molar-refractivity contribution in [3.63, 3.8) is 0 Å². The standard InChI is InChI=1S/C46H76O14P2/c1-3-5-7-9-11-12-13-14-15-16-17-18-19-20-25-29-33-37-46(50)60-44(41-59-62(54,55)58-39-43(48)38-57-61(51,52)53)40-56-45(49)36-32-28-24-22-21-23-27-31-35-42(47)34-30-26-10-8-6-4-2/h5,7,11-12,14-15,17-18,22-24,26-27,30-31,35,42-44,47-48H,3-4,6,8-10,13,16,19-21,25,28-29,32-34,36-41H2,1-2H3,(H,54,55)(H2,51,52,53)/b7-5-,12-11-,15-14-,18-17-,24-22-,27-23-,30-26-,35-31+/t42-,43+,44-/m1/s1. The number of esters is 2. The minimum atomic E-state index is -4.88. The van der Waals surface area contributed by atoms with E-state index in [1.807, 2.05) is 36.5 Å². The zero-order chi connectivity index (χ0) is 46.0. The maximum Gasteiger partial charge on any atom is 0.472 e. The molecule has 0 rings (SSSR count). The van der Waals surface area contributed by atoms with E-state index in [1.165, 1.54) is 19.3 Å². The molecule has 14 nitrogen and oxygen atoms in total. The maximum atomic E-state index is 12.7. The molecule has 0 heterocycles. The summed E-state index contributed by atoms with van der Waals surface area (Å²) in [5.74, 6) is -1.17. The van der Waals surface area contributed by atoms with Gasteiger partial charge in [0.15, 0.2) is 6.10 Å². The number of ether oxygens (including phenoxy) is 2. The fraction of sp³-hybridized carbons (Fsp3) is 0.609. The Morgan fingerprint density at radius 2 is 1.08 bits per heavy atom. The van der Waals surface area contributed by atoms with Gasteiger partial charge in [-0.25, -0.2) is 9.13 Å². The van der Waals surface area contributed by atoms with Crippen LogP contribution in [0, 0.1) is 0 Å². The highest BCUT2D eigenvalue weighted by atomic mass is 31.2. The number of phosphoric ester groups is 2. The van der Waals surface area contributed by atoms with Gasteiger partial charge in [0, 0.05) is 12.8 Å². The van der Waals surface area contributed by atoms with Gasteiger partial charge in [-0.2, -0.15) is 0 Å². The second-order valence-electron chi connectivity index (χ2n) is 14.4. The first kappa shape index (κ1) is 59.0. The van der Waals surface area contributed by atoms with Crippen LogP contribution >= 0.6 is 15.6 Å². The van der Waals surface area contributed by atoms with E-state index in [9.17, 15) is 33.8 Å². The van der Waals surface area contributed by atoms with E-state index in [-0.39, 0.29) is 12.8 Å². The van der Waals surface area contributed by atoms with Crippen LogP contribution in [-0.2, 0) is 41.8 Å². The molecule has 0 saturated heterocycles. The molecule has 16 heteroatoms. The molecule has 0 aromatic carbocycles. The topological polar surface area (TPSA) is 216 Å². The minimum absolute atomic E-state index is 0.0735. The summed E-state index contributed by atoms with van der Waals surface area (Å²) in [6, 6.07) is 0. The summed E-state index contributed by atoms with van der Waals surface area (Å²) in [6.45, 7) is 1.42. The van der Waals surface area contributed by atoms with Crippen LogP contribution in [0.1, 0.15) is 136 Å². The summed E-state index contributed by atoms with van der Waals surface area (Å²) in [6.07, 6.45) is 44.3. The Hall–Kier alpha value is -3.00. The first-order chi connectivity index (χ1) is 29.8. The fourth-order valence-corrected chi connectivity index (χ4v) is 6.33. The first-order valence-corrected chi connectivity index (χ1v) is 25.1. The van der Waals surface area contributed by atoms with Gasteiger partial charge in [0.05, 0.1) is 25.9 Å². The summed E-state index contributed by atoms with van der Waals surface area (Å²) >= 11 is 0. The normalized spacial score (nSPS) is 15.4. The van der Waals surface area contributed by atoms with Crippen molar-refractivity contribution >= 4 is 27.6 Å². The minimum Gasteiger partial charge on any atom is -0.462 e. The van der Waals surface area contributed by atoms with Gasteiger partial charge in [-0.15, -0.1) is 0 Å². The molecule has 4 atom stereocenters. The second-order valence-corrected chi connectivity index (χ2v) is 17.1. The predicted octanol–water partition coefficient (Wildman–Crippen LogP) is 10.3. The fourth-order valence-electron chi connectivity index (χ4n) is 5.18. The highest BCUT2D eigenvalue weighted by Gasteiger charge is 2.28. The first-order valence-electron chi connectivity index (χ1n) is 22.0. The van der Waals surface area contributed by atoms with E-state index in [0.29, 0.717) is 32.1 Å². The molecule has 0 aromatic rings. The Morgan fingerprint density at radius 3 is 1.73 bits per heavy atom. The predicted molar refractivity (Wildman–Crippen MR) is 245 cm³/mol. The lowest BCUT2D eigenvalue weighted by Crippen LogP contribution is -2.30. The Bertz CT molecular complexity index is 1480. The number of rotatable bonds is 40. The molecule has 0 fully saturated rings. The van der Waals surface area contributed by atoms with E-state index in [0.717, 1.165) is 57.8 Å². The van der Waals surface area contributed by atoms with Crippen molar-refractivity contribution in [2.24, 2.45) is 0 Å². The van der Waals surface area contributed by atoms with Crippen molar-refractivity contribution < 1.29 is 66.7 Å². The Kier molecular flexibility index (Phi) is 38.8. The lowest BCUT2D eigenvalue weighted by Gasteiger charge is -2.20. The van der Waals surface area contributed by atoms with Crippen LogP contribution in [0.4, 0.5) is 0 Å². The molecule has 0 saturated carbocycles. The van der Waals surface area contributed by atoms with Crippen molar-refractivity contribution in [2.75, 3.05) is 26.4 Å². The molecular formula is C46H76O14P2. The Labute approximate surface area is 371 Å². The highest BCUT2D eigenvalue weighted by molar-refractivity contribution is 7.47. The van der Waals surface area contributed by atoms with Gasteiger partial charge in [0.2, 0.25) is 0 Å². The lowest BCUT2D eigenvalue weighted by atomic mass is 10.1. The zero-order valence-electron chi connectivity index (χ0n) is 37.0. The lowest BCUT2D eigenvalue weighted by molar-refractivity contribution is -0.161. The third-order valence-electron chi connectivity index (χ3n) is 8.53. The van der Waals surface area contributed by atoms with Gasteiger partial charge in [-0.1, -0.05) is 137 Å². The number of unbranched alkanes of at least 4 members (excludes halogenated alkanes) is 8. The van der Waals surface area contributed by atoms with Crippen LogP contribution in [0.2, 0.25) is 0 Å². The molecule has 0 radical (unpaired) electrons. The van der Waals surface area contributed by atoms with Gasteiger partial charge in [-0.05, 0) is 83.5 Å². The molecular weight excluding hydrogens is 838 g/mol. The summed E-state index contributed by atoms with van der Waals surface area (Å²) in [5.41, 5.74) is 0. The van der Waals surface area contributed by atoms with Gasteiger partial charge in [-0.3, -0.25) is 23.2 Å². The van der Waals surface area contributed by atoms with E-state index in [2.05, 4.69) is 77.6 Å². The van der Waals surface area contributed by atoms with Crippen LogP contribution in [0.15, 0.2) is 97.2 Å². The van der Waals surface area contributed by atoms with Crippen molar-refractivity contribution in [3.8, 4) is 0 Å². The SMILES string of the molecule is CC/C=C\C/C=C\C/C=C\C/C=C\CCCCCCC(=O)O[C@H](COC(=O)CCC/C=C\C/C=C\C=C\[C@H](O)C/C=C\CCCCC)COP(=O)(O)OC[C@@H](O)COP(=O)(O)O. The molecule has 0 bridgehead atoms. The Morgan fingerprint density at radius 1 is 0.548 bits per heavy atom. The quantitative estimate of drug-likeness (QED) is 0.0127. The van der Waals surface area contributed by atoms with Crippen molar-refractivity contribution in [3.05, 3.63) is 97.2 Å². The van der Waals surface area contributed by atoms with E-state index in [1.54, 1.807) is 6.08 Å². The van der Waals surface area contributed by atoms with Crippen LogP contribution in [-0.4, -0.2) is 81.6 Å². The molecule has 0 aliphatic heterocycles. The highest BCUT2D eigenvalue weighted by Crippen LogP contribution is 2.43. The number of aliphatic hydroxyl groups excluding tert-OH is 2. The van der Waals surface area contributed by atoms with Gasteiger partial charge in [0.1, 0.15) is 12.7 Å². The molecule has 0 spiro atoms. The van der Waals surface area contributed by atoms with E-state index < -0.39 is 72.3 Å². The summed E-state index contributed by atoms with van der Waals surface area (Å²) in [4.78, 5) is 52.7. The average Bonchev–Trinajstić information content (AvgIpc) is 3.23. The van der Waals surface area contributed by atoms with Crippen LogP contribution in [0.25, 0.3) is 0 Å². The number of phosphoric acid groups is 2. The number of carbonyl (C=O) groups excluding carboxylic acids is 2. The molecule has 1 unspecified atom stereocenters. The monoisotopic (exact) mass is 914 g/mol. The number of hydrogen-bond donors (Lipinski definition) is 5.